The van der Waals surface area contributed by atoms with E-state index in [4.69, 9.17) is 0 Å². The summed E-state index contributed by atoms with van der Waals surface area (Å²) in [7, 11) is 1.69. The average Bonchev–Trinajstić information content (AvgIpc) is 2.18. The second kappa shape index (κ2) is 4.85. The zero-order chi connectivity index (χ0) is 9.68. The van der Waals surface area contributed by atoms with E-state index in [0.29, 0.717) is 0 Å². The highest BCUT2D eigenvalue weighted by molar-refractivity contribution is 5.94. The van der Waals surface area contributed by atoms with Gasteiger partial charge in [-0.1, -0.05) is 11.6 Å². The number of carbonyl (C=O) groups excluding carboxylic acids is 1. The predicted molar refractivity (Wildman–Crippen MR) is 54.4 cm³/mol. The third-order valence-corrected chi connectivity index (χ3v) is 2.47. The first kappa shape index (κ1) is 10.0. The Hall–Kier alpha value is -1.05. The summed E-state index contributed by atoms with van der Waals surface area (Å²) < 4.78 is 0. The van der Waals surface area contributed by atoms with Crippen LogP contribution < -0.4 is 5.32 Å². The molecule has 0 fully saturated rings. The minimum Gasteiger partial charge on any atom is -0.355 e. The van der Waals surface area contributed by atoms with Gasteiger partial charge in [-0.25, -0.2) is 0 Å². The largest absolute Gasteiger partial charge is 0.355 e. The molecule has 2 heteroatoms. The molecule has 1 rings (SSSR count). The van der Waals surface area contributed by atoms with Crippen LogP contribution in [0.25, 0.3) is 0 Å². The molecular formula is C11H17NO. The van der Waals surface area contributed by atoms with E-state index in [1.165, 1.54) is 12.0 Å². The molecule has 13 heavy (non-hydrogen) atoms. The maximum Gasteiger partial charge on any atom is 0.246 e. The lowest BCUT2D eigenvalue weighted by molar-refractivity contribution is -0.117. The normalized spacial score (nSPS) is 17.0. The Labute approximate surface area is 79.7 Å². The van der Waals surface area contributed by atoms with Crippen LogP contribution in [0.4, 0.5) is 0 Å². The van der Waals surface area contributed by atoms with Gasteiger partial charge < -0.3 is 5.32 Å². The molecule has 1 amide bonds. The number of rotatable bonds is 3. The first-order chi connectivity index (χ1) is 6.29. The first-order valence-electron chi connectivity index (χ1n) is 4.83. The number of allylic oxidation sites excluding steroid dienone is 2. The van der Waals surface area contributed by atoms with Gasteiger partial charge in [-0.05, 0) is 32.1 Å². The summed E-state index contributed by atoms with van der Waals surface area (Å²) in [6.45, 7) is 3.71. The highest BCUT2D eigenvalue weighted by Gasteiger charge is 2.16. The molecule has 2 nitrogen and oxygen atoms in total. The van der Waals surface area contributed by atoms with Crippen molar-refractivity contribution in [3.8, 4) is 0 Å². The number of hydrogen-bond acceptors (Lipinski definition) is 1. The van der Waals surface area contributed by atoms with E-state index in [2.05, 4.69) is 11.9 Å². The van der Waals surface area contributed by atoms with Crippen molar-refractivity contribution in [1.82, 2.24) is 5.32 Å². The van der Waals surface area contributed by atoms with Gasteiger partial charge in [-0.3, -0.25) is 4.79 Å². The Morgan fingerprint density at radius 3 is 2.85 bits per heavy atom. The van der Waals surface area contributed by atoms with E-state index in [1.54, 1.807) is 7.05 Å². The average molecular weight is 179 g/mol. The molecule has 1 aliphatic carbocycles. The minimum atomic E-state index is 0.0940. The molecule has 0 heterocycles. The molecule has 0 saturated carbocycles. The predicted octanol–water partition coefficient (Wildman–Crippen LogP) is 2.18. The first-order valence-corrected chi connectivity index (χ1v) is 4.83. The summed E-state index contributed by atoms with van der Waals surface area (Å²) in [5.74, 6) is 0.0940. The van der Waals surface area contributed by atoms with E-state index < -0.39 is 0 Å². The molecule has 72 valence electrons. The Kier molecular flexibility index (Phi) is 3.74. The van der Waals surface area contributed by atoms with Crippen LogP contribution in [0.1, 0.15) is 32.1 Å². The molecule has 0 unspecified atom stereocenters. The summed E-state index contributed by atoms with van der Waals surface area (Å²) in [6, 6.07) is 0. The summed E-state index contributed by atoms with van der Waals surface area (Å²) in [5.41, 5.74) is 2.27. The van der Waals surface area contributed by atoms with Gasteiger partial charge in [0.15, 0.2) is 0 Å². The van der Waals surface area contributed by atoms with Crippen LogP contribution in [0.2, 0.25) is 0 Å². The summed E-state index contributed by atoms with van der Waals surface area (Å²) in [6.07, 6.45) is 7.09. The molecule has 1 aliphatic rings. The summed E-state index contributed by atoms with van der Waals surface area (Å²) in [4.78, 5) is 11.4. The lowest BCUT2D eigenvalue weighted by Gasteiger charge is -2.18. The second-order valence-corrected chi connectivity index (χ2v) is 3.36. The highest BCUT2D eigenvalue weighted by Crippen LogP contribution is 2.27. The molecule has 0 aromatic rings. The van der Waals surface area contributed by atoms with Crippen LogP contribution in [-0.2, 0) is 4.79 Å². The Morgan fingerprint density at radius 1 is 1.54 bits per heavy atom. The minimum absolute atomic E-state index is 0.0940. The molecule has 0 atom stereocenters. The van der Waals surface area contributed by atoms with E-state index >= 15 is 0 Å². The van der Waals surface area contributed by atoms with E-state index in [-0.39, 0.29) is 5.91 Å². The van der Waals surface area contributed by atoms with Crippen molar-refractivity contribution in [3.63, 3.8) is 0 Å². The third kappa shape index (κ3) is 2.44. The van der Waals surface area contributed by atoms with Crippen LogP contribution in [0.15, 0.2) is 23.8 Å². The van der Waals surface area contributed by atoms with Crippen molar-refractivity contribution in [2.75, 3.05) is 7.05 Å². The molecule has 0 aromatic carbocycles. The summed E-state index contributed by atoms with van der Waals surface area (Å²) in [5, 5.41) is 2.69. The van der Waals surface area contributed by atoms with Gasteiger partial charge in [-0.15, -0.1) is 6.58 Å². The maximum absolute atomic E-state index is 11.4. The molecule has 0 aromatic heterocycles. The molecule has 0 bridgehead atoms. The molecule has 0 spiro atoms. The number of likely N-dealkylation sites (N-methyl/N-ethyl adjacent to an activating group) is 1. The van der Waals surface area contributed by atoms with E-state index in [9.17, 15) is 4.79 Å². The van der Waals surface area contributed by atoms with Crippen LogP contribution >= 0.6 is 0 Å². The SMILES string of the molecule is C=CCC1=C(C(=O)NC)CCCC1. The fraction of sp³-hybridized carbons (Fsp3) is 0.545. The Balaban J connectivity index is 2.82. The molecule has 0 saturated heterocycles. The number of carbonyl (C=O) groups is 1. The fourth-order valence-corrected chi connectivity index (χ4v) is 1.79. The van der Waals surface area contributed by atoms with Gasteiger partial charge >= 0.3 is 0 Å². The third-order valence-electron chi connectivity index (χ3n) is 2.47. The topological polar surface area (TPSA) is 29.1 Å². The van der Waals surface area contributed by atoms with Crippen LogP contribution in [-0.4, -0.2) is 13.0 Å². The van der Waals surface area contributed by atoms with Crippen LogP contribution in [0.3, 0.4) is 0 Å². The van der Waals surface area contributed by atoms with E-state index in [1.807, 2.05) is 6.08 Å². The fourth-order valence-electron chi connectivity index (χ4n) is 1.79. The number of amides is 1. The van der Waals surface area contributed by atoms with Crippen molar-refractivity contribution in [1.29, 1.82) is 0 Å². The van der Waals surface area contributed by atoms with Crippen LogP contribution in [0, 0.1) is 0 Å². The standard InChI is InChI=1S/C11H17NO/c1-3-6-9-7-4-5-8-10(9)11(13)12-2/h3H,1,4-8H2,2H3,(H,12,13). The van der Waals surface area contributed by atoms with E-state index in [0.717, 1.165) is 31.3 Å². The number of nitrogens with one attached hydrogen (secondary N) is 1. The van der Waals surface area contributed by atoms with Gasteiger partial charge in [0, 0.05) is 12.6 Å². The van der Waals surface area contributed by atoms with Crippen molar-refractivity contribution >= 4 is 5.91 Å². The lowest BCUT2D eigenvalue weighted by atomic mass is 9.89. The maximum atomic E-state index is 11.4. The van der Waals surface area contributed by atoms with Gasteiger partial charge in [0.1, 0.15) is 0 Å². The zero-order valence-corrected chi connectivity index (χ0v) is 8.23. The Morgan fingerprint density at radius 2 is 2.23 bits per heavy atom. The second-order valence-electron chi connectivity index (χ2n) is 3.36. The Bertz CT molecular complexity index is 240. The zero-order valence-electron chi connectivity index (χ0n) is 8.23. The molecule has 0 aliphatic heterocycles. The van der Waals surface area contributed by atoms with Crippen molar-refractivity contribution < 1.29 is 4.79 Å². The lowest BCUT2D eigenvalue weighted by Crippen LogP contribution is -2.22. The van der Waals surface area contributed by atoms with Gasteiger partial charge in [0.2, 0.25) is 5.91 Å². The monoisotopic (exact) mass is 179 g/mol. The van der Waals surface area contributed by atoms with Gasteiger partial charge in [0.05, 0.1) is 0 Å². The van der Waals surface area contributed by atoms with Gasteiger partial charge in [0.25, 0.3) is 0 Å². The summed E-state index contributed by atoms with van der Waals surface area (Å²) >= 11 is 0. The smallest absolute Gasteiger partial charge is 0.246 e. The molecular weight excluding hydrogens is 162 g/mol. The number of hydrogen-bond donors (Lipinski definition) is 1. The highest BCUT2D eigenvalue weighted by atomic mass is 16.1. The van der Waals surface area contributed by atoms with Crippen LogP contribution in [0.5, 0.6) is 0 Å². The quantitative estimate of drug-likeness (QED) is 0.661. The van der Waals surface area contributed by atoms with Gasteiger partial charge in [-0.2, -0.15) is 0 Å². The van der Waals surface area contributed by atoms with Crippen molar-refractivity contribution in [3.05, 3.63) is 23.8 Å². The molecule has 1 N–H and O–H groups in total. The van der Waals surface area contributed by atoms with Crippen molar-refractivity contribution in [2.45, 2.75) is 32.1 Å². The van der Waals surface area contributed by atoms with Crippen molar-refractivity contribution in [2.24, 2.45) is 0 Å². The molecule has 0 radical (unpaired) electrons.